The number of halogens is 1. The molecule has 3 N–H and O–H groups in total. The van der Waals surface area contributed by atoms with Gasteiger partial charge >= 0.3 is 0 Å². The molecule has 3 rings (SSSR count). The van der Waals surface area contributed by atoms with Crippen LogP contribution in [0.1, 0.15) is 18.4 Å². The summed E-state index contributed by atoms with van der Waals surface area (Å²) in [5.41, 5.74) is 7.97. The van der Waals surface area contributed by atoms with Gasteiger partial charge in [0.1, 0.15) is 0 Å². The van der Waals surface area contributed by atoms with Crippen LogP contribution >= 0.6 is 15.9 Å². The van der Waals surface area contributed by atoms with Crippen LogP contribution in [0.4, 0.5) is 5.95 Å². The topological polar surface area (TPSA) is 70.8 Å². The molecule has 1 fully saturated rings. The van der Waals surface area contributed by atoms with Crippen molar-refractivity contribution in [1.29, 1.82) is 0 Å². The van der Waals surface area contributed by atoms with E-state index < -0.39 is 0 Å². The van der Waals surface area contributed by atoms with Crippen molar-refractivity contribution < 1.29 is 0 Å². The van der Waals surface area contributed by atoms with Gasteiger partial charge in [0.25, 0.3) is 0 Å². The van der Waals surface area contributed by atoms with Crippen LogP contribution in [0.2, 0.25) is 0 Å². The first-order valence-corrected chi connectivity index (χ1v) is 8.11. The first kappa shape index (κ1) is 14.5. The van der Waals surface area contributed by atoms with Gasteiger partial charge in [-0.2, -0.15) is 4.98 Å². The Bertz CT molecular complexity index is 616. The molecule has 0 saturated carbocycles. The maximum absolute atomic E-state index is 5.74. The van der Waals surface area contributed by atoms with Gasteiger partial charge in [0, 0.05) is 23.1 Å². The van der Waals surface area contributed by atoms with Crippen molar-refractivity contribution in [1.82, 2.24) is 15.2 Å². The lowest BCUT2D eigenvalue weighted by Crippen LogP contribution is -2.36. The highest BCUT2D eigenvalue weighted by molar-refractivity contribution is 9.10. The number of aryl methyl sites for hydroxylation is 1. The quantitative estimate of drug-likeness (QED) is 0.893. The molecule has 1 aliphatic heterocycles. The summed E-state index contributed by atoms with van der Waals surface area (Å²) in [6.07, 6.45) is 2.24. The zero-order valence-electron chi connectivity index (χ0n) is 12.1. The fourth-order valence-electron chi connectivity index (χ4n) is 2.71. The molecule has 2 heterocycles. The Morgan fingerprint density at radius 2 is 2.14 bits per heavy atom. The highest BCUT2D eigenvalue weighted by atomic mass is 79.9. The maximum Gasteiger partial charge on any atom is 0.245 e. The Hall–Kier alpha value is -1.40. The van der Waals surface area contributed by atoms with Gasteiger partial charge in [-0.3, -0.25) is 5.10 Å². The summed E-state index contributed by atoms with van der Waals surface area (Å²) in [5.74, 6) is 2.24. The van der Waals surface area contributed by atoms with E-state index in [0.717, 1.165) is 54.3 Å². The minimum Gasteiger partial charge on any atom is -0.340 e. The van der Waals surface area contributed by atoms with Crippen LogP contribution < -0.4 is 10.6 Å². The van der Waals surface area contributed by atoms with Crippen LogP contribution in [0, 0.1) is 12.8 Å². The molecule has 0 spiro atoms. The number of anilines is 1. The monoisotopic (exact) mass is 349 g/mol. The number of benzene rings is 1. The number of aromatic nitrogens is 3. The summed E-state index contributed by atoms with van der Waals surface area (Å²) in [6, 6.07) is 6.15. The van der Waals surface area contributed by atoms with E-state index in [1.54, 1.807) is 0 Å². The number of nitrogens with zero attached hydrogens (tertiary/aromatic N) is 3. The third-order valence-electron chi connectivity index (χ3n) is 4.15. The van der Waals surface area contributed by atoms with Crippen LogP contribution in [0.15, 0.2) is 22.7 Å². The zero-order chi connectivity index (χ0) is 14.8. The van der Waals surface area contributed by atoms with E-state index in [4.69, 9.17) is 5.73 Å². The van der Waals surface area contributed by atoms with Crippen molar-refractivity contribution in [3.8, 4) is 11.4 Å². The number of nitrogens with one attached hydrogen (secondary N) is 1. The molecule has 1 aromatic heterocycles. The molecule has 0 atom stereocenters. The van der Waals surface area contributed by atoms with E-state index in [1.165, 1.54) is 5.56 Å². The number of aromatic amines is 1. The highest BCUT2D eigenvalue weighted by Gasteiger charge is 2.21. The van der Waals surface area contributed by atoms with Gasteiger partial charge in [0.15, 0.2) is 5.82 Å². The van der Waals surface area contributed by atoms with Crippen molar-refractivity contribution in [2.45, 2.75) is 19.8 Å². The molecule has 0 bridgehead atoms. The Balaban J connectivity index is 1.79. The van der Waals surface area contributed by atoms with Crippen LogP contribution in [0.3, 0.4) is 0 Å². The summed E-state index contributed by atoms with van der Waals surface area (Å²) in [4.78, 5) is 6.89. The minimum atomic E-state index is 0.644. The number of nitrogens with two attached hydrogens (primary N) is 1. The molecule has 2 aromatic rings. The van der Waals surface area contributed by atoms with Gasteiger partial charge in [-0.1, -0.05) is 18.2 Å². The maximum atomic E-state index is 5.74. The molecule has 0 amide bonds. The average molecular weight is 350 g/mol. The third-order valence-corrected chi connectivity index (χ3v) is 5.20. The largest absolute Gasteiger partial charge is 0.340 e. The minimum absolute atomic E-state index is 0.644. The molecule has 1 saturated heterocycles. The summed E-state index contributed by atoms with van der Waals surface area (Å²) < 4.78 is 1.06. The van der Waals surface area contributed by atoms with E-state index in [9.17, 15) is 0 Å². The van der Waals surface area contributed by atoms with Crippen LogP contribution in [-0.2, 0) is 0 Å². The molecular weight excluding hydrogens is 330 g/mol. The van der Waals surface area contributed by atoms with Gasteiger partial charge in [-0.15, -0.1) is 5.10 Å². The fraction of sp³-hybridized carbons (Fsp3) is 0.467. The van der Waals surface area contributed by atoms with E-state index in [2.05, 4.69) is 49.0 Å². The van der Waals surface area contributed by atoms with Crippen LogP contribution in [-0.4, -0.2) is 34.8 Å². The standard InChI is InChI=1S/C15H20BrN5/c1-10-3-2-4-12(13(10)16)14-18-15(20-19-14)21-7-5-11(9-17)6-8-21/h2-4,11H,5-9,17H2,1H3,(H,18,19,20). The zero-order valence-corrected chi connectivity index (χ0v) is 13.7. The van der Waals surface area contributed by atoms with Crippen molar-refractivity contribution >= 4 is 21.9 Å². The first-order chi connectivity index (χ1) is 10.2. The normalized spacial score (nSPS) is 16.4. The third kappa shape index (κ3) is 2.96. The van der Waals surface area contributed by atoms with Gasteiger partial charge in [-0.25, -0.2) is 0 Å². The summed E-state index contributed by atoms with van der Waals surface area (Å²) in [5, 5.41) is 7.43. The second-order valence-corrected chi connectivity index (χ2v) is 6.38. The smallest absolute Gasteiger partial charge is 0.245 e. The predicted octanol–water partition coefficient (Wildman–Crippen LogP) is 2.72. The first-order valence-electron chi connectivity index (χ1n) is 7.32. The summed E-state index contributed by atoms with van der Waals surface area (Å²) in [6.45, 7) is 4.81. The van der Waals surface area contributed by atoms with Gasteiger partial charge in [0.05, 0.1) is 0 Å². The van der Waals surface area contributed by atoms with Crippen molar-refractivity contribution in [3.63, 3.8) is 0 Å². The predicted molar refractivity (Wildman–Crippen MR) is 88.2 cm³/mol. The van der Waals surface area contributed by atoms with E-state index in [-0.39, 0.29) is 0 Å². The SMILES string of the molecule is Cc1cccc(-c2nc(N3CCC(CN)CC3)n[nH]2)c1Br. The van der Waals surface area contributed by atoms with Crippen molar-refractivity contribution in [3.05, 3.63) is 28.2 Å². The molecule has 0 aliphatic carbocycles. The van der Waals surface area contributed by atoms with Gasteiger partial charge in [-0.05, 0) is 53.7 Å². The van der Waals surface area contributed by atoms with Crippen molar-refractivity contribution in [2.24, 2.45) is 11.7 Å². The highest BCUT2D eigenvalue weighted by Crippen LogP contribution is 2.29. The second-order valence-electron chi connectivity index (χ2n) is 5.59. The van der Waals surface area contributed by atoms with Crippen LogP contribution in [0.25, 0.3) is 11.4 Å². The molecule has 6 heteroatoms. The Labute approximate surface area is 133 Å². The summed E-state index contributed by atoms with van der Waals surface area (Å²) >= 11 is 3.62. The number of hydrogen-bond acceptors (Lipinski definition) is 4. The molecule has 21 heavy (non-hydrogen) atoms. The van der Waals surface area contributed by atoms with Gasteiger partial charge < -0.3 is 10.6 Å². The molecule has 1 aliphatic rings. The lowest BCUT2D eigenvalue weighted by Gasteiger charge is -2.30. The van der Waals surface area contributed by atoms with E-state index in [0.29, 0.717) is 5.92 Å². The Morgan fingerprint density at radius 1 is 1.38 bits per heavy atom. The molecule has 1 aromatic carbocycles. The average Bonchev–Trinajstić information content (AvgIpc) is 3.00. The fourth-order valence-corrected chi connectivity index (χ4v) is 3.17. The second kappa shape index (κ2) is 6.15. The molecule has 0 radical (unpaired) electrons. The van der Waals surface area contributed by atoms with Crippen molar-refractivity contribution in [2.75, 3.05) is 24.5 Å². The summed E-state index contributed by atoms with van der Waals surface area (Å²) in [7, 11) is 0. The van der Waals surface area contributed by atoms with Crippen LogP contribution in [0.5, 0.6) is 0 Å². The molecule has 5 nitrogen and oxygen atoms in total. The molecule has 112 valence electrons. The lowest BCUT2D eigenvalue weighted by atomic mass is 9.97. The number of piperidine rings is 1. The molecular formula is C15H20BrN5. The number of hydrogen-bond donors (Lipinski definition) is 2. The lowest BCUT2D eigenvalue weighted by molar-refractivity contribution is 0.411. The van der Waals surface area contributed by atoms with Gasteiger partial charge in [0.2, 0.25) is 5.95 Å². The van der Waals surface area contributed by atoms with E-state index in [1.807, 2.05) is 12.1 Å². The van der Waals surface area contributed by atoms with E-state index >= 15 is 0 Å². The Morgan fingerprint density at radius 3 is 2.86 bits per heavy atom. The molecule has 0 unspecified atom stereocenters. The number of rotatable bonds is 3. The number of H-pyrrole nitrogens is 1. The Kier molecular flexibility index (Phi) is 4.26.